The van der Waals surface area contributed by atoms with Crippen LogP contribution in [0.3, 0.4) is 0 Å². The second-order valence-electron chi connectivity index (χ2n) is 2.00. The molecule has 0 atom stereocenters. The predicted octanol–water partition coefficient (Wildman–Crippen LogP) is 1.77. The van der Waals surface area contributed by atoms with Crippen LogP contribution in [0, 0.1) is 17.5 Å². The van der Waals surface area contributed by atoms with Crippen molar-refractivity contribution >= 4 is 10.2 Å². The molecule has 0 unspecified atom stereocenters. The molecule has 1 aromatic rings. The Morgan fingerprint density at radius 2 is 1.64 bits per heavy atom. The molecule has 0 fully saturated rings. The molecule has 0 amide bonds. The summed E-state index contributed by atoms with van der Waals surface area (Å²) in [6.07, 6.45) is 0. The van der Waals surface area contributed by atoms with Crippen LogP contribution in [0.1, 0.15) is 5.56 Å². The minimum absolute atomic E-state index is 0.0323. The van der Waals surface area contributed by atoms with Crippen molar-refractivity contribution < 1.29 is 13.2 Å². The van der Waals surface area contributed by atoms with Gasteiger partial charge >= 0.3 is 0 Å². The van der Waals surface area contributed by atoms with E-state index in [4.69, 9.17) is 0 Å². The Balaban J connectivity index is 3.29. The number of benzene rings is 1. The van der Waals surface area contributed by atoms with E-state index in [0.717, 1.165) is 12.1 Å². The first-order valence-electron chi connectivity index (χ1n) is 2.93. The van der Waals surface area contributed by atoms with Crippen molar-refractivity contribution in [3.05, 3.63) is 35.1 Å². The van der Waals surface area contributed by atoms with E-state index in [2.05, 4.69) is 10.2 Å². The molecule has 0 aliphatic rings. The molecule has 1 rings (SSSR count). The Kier molecular flexibility index (Phi) is 2.33. The molecular formula is C7H4F3Si. The fourth-order valence-electron chi connectivity index (χ4n) is 0.731. The van der Waals surface area contributed by atoms with Gasteiger partial charge in [-0.25, -0.2) is 13.2 Å². The van der Waals surface area contributed by atoms with Gasteiger partial charge < -0.3 is 0 Å². The summed E-state index contributed by atoms with van der Waals surface area (Å²) in [5, 5.41) is 0. The monoisotopic (exact) mass is 173 g/mol. The maximum Gasteiger partial charge on any atom is 0.164 e. The first-order valence-corrected chi connectivity index (χ1v) is 3.64. The van der Waals surface area contributed by atoms with Crippen molar-refractivity contribution in [2.45, 2.75) is 6.04 Å². The zero-order valence-electron chi connectivity index (χ0n) is 5.50. The summed E-state index contributed by atoms with van der Waals surface area (Å²) in [4.78, 5) is 0. The fourth-order valence-corrected chi connectivity index (χ4v) is 1.06. The van der Waals surface area contributed by atoms with E-state index in [1.54, 1.807) is 0 Å². The molecule has 0 N–H and O–H groups in total. The Morgan fingerprint density at radius 1 is 1.09 bits per heavy atom. The van der Waals surface area contributed by atoms with Crippen LogP contribution in [0.5, 0.6) is 0 Å². The summed E-state index contributed by atoms with van der Waals surface area (Å²) in [7, 11) is 2.89. The third kappa shape index (κ3) is 1.45. The molecule has 0 saturated heterocycles. The molecule has 0 aliphatic carbocycles. The molecule has 4 heteroatoms. The van der Waals surface area contributed by atoms with Gasteiger partial charge in [0.1, 0.15) is 5.82 Å². The predicted molar refractivity (Wildman–Crippen MR) is 35.8 cm³/mol. The standard InChI is InChI=1S/C7H4F3Si/c8-5-1-2-6(9)7(10)4(5)3-11/h1-2H,3H2. The van der Waals surface area contributed by atoms with E-state index >= 15 is 0 Å². The van der Waals surface area contributed by atoms with Gasteiger partial charge in [0.15, 0.2) is 11.6 Å². The van der Waals surface area contributed by atoms with Gasteiger partial charge in [-0.1, -0.05) is 0 Å². The highest BCUT2D eigenvalue weighted by Gasteiger charge is 2.10. The quantitative estimate of drug-likeness (QED) is 0.448. The van der Waals surface area contributed by atoms with Gasteiger partial charge in [-0.05, 0) is 18.2 Å². The summed E-state index contributed by atoms with van der Waals surface area (Å²) in [6, 6.07) is 1.62. The summed E-state index contributed by atoms with van der Waals surface area (Å²) in [6.45, 7) is 0. The lowest BCUT2D eigenvalue weighted by Crippen LogP contribution is -1.98. The molecule has 11 heavy (non-hydrogen) atoms. The van der Waals surface area contributed by atoms with Crippen LogP contribution in [-0.4, -0.2) is 10.2 Å². The van der Waals surface area contributed by atoms with Crippen LogP contribution >= 0.6 is 0 Å². The first kappa shape index (κ1) is 8.32. The lowest BCUT2D eigenvalue weighted by atomic mass is 10.2. The fraction of sp³-hybridized carbons (Fsp3) is 0.143. The Hall–Kier alpha value is -0.773. The molecule has 0 spiro atoms. The van der Waals surface area contributed by atoms with Crippen molar-refractivity contribution in [2.75, 3.05) is 0 Å². The van der Waals surface area contributed by atoms with Crippen LogP contribution in [0.4, 0.5) is 13.2 Å². The molecule has 0 bridgehead atoms. The minimum atomic E-state index is -1.12. The van der Waals surface area contributed by atoms with Crippen LogP contribution < -0.4 is 0 Å². The number of halogens is 3. The smallest absolute Gasteiger partial charge is 0.164 e. The molecule has 1 aromatic carbocycles. The normalized spacial score (nSPS) is 10.2. The topological polar surface area (TPSA) is 0 Å². The molecule has 57 valence electrons. The van der Waals surface area contributed by atoms with Gasteiger partial charge in [-0.3, -0.25) is 0 Å². The lowest BCUT2D eigenvalue weighted by molar-refractivity contribution is 0.485. The number of rotatable bonds is 1. The van der Waals surface area contributed by atoms with E-state index in [1.165, 1.54) is 0 Å². The van der Waals surface area contributed by atoms with Gasteiger partial charge in [0.05, 0.1) is 0 Å². The second kappa shape index (κ2) is 3.09. The van der Waals surface area contributed by atoms with Gasteiger partial charge in [0.25, 0.3) is 0 Å². The molecule has 0 nitrogen and oxygen atoms in total. The summed E-state index contributed by atoms with van der Waals surface area (Å²) in [5.41, 5.74) is -0.276. The van der Waals surface area contributed by atoms with Crippen molar-refractivity contribution in [1.82, 2.24) is 0 Å². The maximum atomic E-state index is 12.6. The Bertz CT molecular complexity index is 273. The molecule has 0 saturated carbocycles. The molecular weight excluding hydrogens is 169 g/mol. The van der Waals surface area contributed by atoms with Gasteiger partial charge in [0.2, 0.25) is 0 Å². The lowest BCUT2D eigenvalue weighted by Gasteiger charge is -2.00. The third-order valence-electron chi connectivity index (χ3n) is 1.32. The van der Waals surface area contributed by atoms with Crippen molar-refractivity contribution in [3.63, 3.8) is 0 Å². The van der Waals surface area contributed by atoms with E-state index in [9.17, 15) is 13.2 Å². The Morgan fingerprint density at radius 3 is 2.09 bits per heavy atom. The van der Waals surface area contributed by atoms with E-state index in [0.29, 0.717) is 0 Å². The molecule has 0 aromatic heterocycles. The summed E-state index contributed by atoms with van der Waals surface area (Å²) in [5.74, 6) is -2.89. The van der Waals surface area contributed by atoms with Crippen molar-refractivity contribution in [3.8, 4) is 0 Å². The largest absolute Gasteiger partial charge is 0.207 e. The van der Waals surface area contributed by atoms with Crippen molar-refractivity contribution in [2.24, 2.45) is 0 Å². The van der Waals surface area contributed by atoms with Crippen LogP contribution in [-0.2, 0) is 6.04 Å². The van der Waals surface area contributed by atoms with Gasteiger partial charge in [0, 0.05) is 15.8 Å². The average Bonchev–Trinajstić information content (AvgIpc) is 1.99. The SMILES string of the molecule is Fc1ccc(F)c(C[Si])c1F. The molecule has 3 radical (unpaired) electrons. The molecule has 0 aliphatic heterocycles. The minimum Gasteiger partial charge on any atom is -0.207 e. The van der Waals surface area contributed by atoms with Gasteiger partial charge in [-0.15, -0.1) is 0 Å². The van der Waals surface area contributed by atoms with E-state index < -0.39 is 17.5 Å². The zero-order valence-corrected chi connectivity index (χ0v) is 6.50. The zero-order chi connectivity index (χ0) is 8.43. The van der Waals surface area contributed by atoms with Crippen LogP contribution in [0.25, 0.3) is 0 Å². The number of hydrogen-bond acceptors (Lipinski definition) is 0. The summed E-state index contributed by atoms with van der Waals surface area (Å²) < 4.78 is 37.6. The highest BCUT2D eigenvalue weighted by atomic mass is 28.1. The van der Waals surface area contributed by atoms with Crippen LogP contribution in [0.15, 0.2) is 12.1 Å². The average molecular weight is 173 g/mol. The van der Waals surface area contributed by atoms with E-state index in [-0.39, 0.29) is 11.6 Å². The summed E-state index contributed by atoms with van der Waals surface area (Å²) >= 11 is 0. The Labute approximate surface area is 65.5 Å². The van der Waals surface area contributed by atoms with Crippen molar-refractivity contribution in [1.29, 1.82) is 0 Å². The highest BCUT2D eigenvalue weighted by molar-refractivity contribution is 6.08. The third-order valence-corrected chi connectivity index (χ3v) is 1.67. The highest BCUT2D eigenvalue weighted by Crippen LogP contribution is 2.14. The second-order valence-corrected chi connectivity index (χ2v) is 2.35. The number of hydrogen-bond donors (Lipinski definition) is 0. The first-order chi connectivity index (χ1) is 5.16. The van der Waals surface area contributed by atoms with Crippen LogP contribution in [0.2, 0.25) is 0 Å². The van der Waals surface area contributed by atoms with Gasteiger partial charge in [-0.2, -0.15) is 0 Å². The van der Waals surface area contributed by atoms with E-state index in [1.807, 2.05) is 0 Å². The molecule has 0 heterocycles. The maximum absolute atomic E-state index is 12.6.